The molecule has 1 aromatic carbocycles. The van der Waals surface area contributed by atoms with Gasteiger partial charge in [-0.2, -0.15) is 0 Å². The van der Waals surface area contributed by atoms with Crippen molar-refractivity contribution in [3.05, 3.63) is 42.0 Å². The number of aliphatic hydroxyl groups excluding tert-OH is 1. The van der Waals surface area contributed by atoms with Crippen LogP contribution in [0.4, 0.5) is 0 Å². The molecule has 0 amide bonds. The molecule has 0 radical (unpaired) electrons. The molecule has 0 aromatic heterocycles. The van der Waals surface area contributed by atoms with Gasteiger partial charge in [0.25, 0.3) is 0 Å². The van der Waals surface area contributed by atoms with Crippen LogP contribution < -0.4 is 0 Å². The van der Waals surface area contributed by atoms with Gasteiger partial charge in [0.1, 0.15) is 0 Å². The highest BCUT2D eigenvalue weighted by atomic mass is 16.5. The maximum Gasteiger partial charge on any atom is 0.0615 e. The Morgan fingerprint density at radius 1 is 1.31 bits per heavy atom. The Balaban J connectivity index is 1.84. The monoisotopic (exact) mass is 218 g/mol. The highest BCUT2D eigenvalue weighted by Crippen LogP contribution is 2.19. The second-order valence-corrected chi connectivity index (χ2v) is 4.24. The van der Waals surface area contributed by atoms with Crippen LogP contribution >= 0.6 is 0 Å². The summed E-state index contributed by atoms with van der Waals surface area (Å²) in [6.07, 6.45) is 5.67. The number of ether oxygens (including phenoxy) is 1. The van der Waals surface area contributed by atoms with Crippen LogP contribution in [0, 0.1) is 5.92 Å². The molecular formula is C14H18O2. The van der Waals surface area contributed by atoms with Gasteiger partial charge >= 0.3 is 0 Å². The van der Waals surface area contributed by atoms with Crippen LogP contribution in [-0.2, 0) is 4.74 Å². The summed E-state index contributed by atoms with van der Waals surface area (Å²) in [5.74, 6) is 0.258. The largest absolute Gasteiger partial charge is 0.393 e. The van der Waals surface area contributed by atoms with E-state index < -0.39 is 0 Å². The summed E-state index contributed by atoms with van der Waals surface area (Å²) in [5, 5.41) is 9.75. The van der Waals surface area contributed by atoms with Crippen LogP contribution in [0.15, 0.2) is 36.4 Å². The van der Waals surface area contributed by atoms with Crippen LogP contribution in [0.2, 0.25) is 0 Å². The Hall–Kier alpha value is -1.12. The number of rotatable bonds is 3. The summed E-state index contributed by atoms with van der Waals surface area (Å²) in [5.41, 5.74) is 1.20. The molecule has 2 atom stereocenters. The van der Waals surface area contributed by atoms with Crippen molar-refractivity contribution in [1.82, 2.24) is 0 Å². The molecule has 0 bridgehead atoms. The molecule has 0 spiro atoms. The fourth-order valence-corrected chi connectivity index (χ4v) is 1.95. The molecule has 1 fully saturated rings. The molecule has 86 valence electrons. The molecule has 2 unspecified atom stereocenters. The van der Waals surface area contributed by atoms with Crippen molar-refractivity contribution in [2.75, 3.05) is 13.2 Å². The number of allylic oxidation sites excluding steroid dienone is 1. The first kappa shape index (κ1) is 11.4. The van der Waals surface area contributed by atoms with E-state index in [2.05, 4.69) is 24.3 Å². The van der Waals surface area contributed by atoms with E-state index in [1.165, 1.54) is 5.56 Å². The molecule has 1 aliphatic heterocycles. The van der Waals surface area contributed by atoms with E-state index in [0.717, 1.165) is 12.8 Å². The lowest BCUT2D eigenvalue weighted by Crippen LogP contribution is -2.31. The summed E-state index contributed by atoms with van der Waals surface area (Å²) in [6.45, 7) is 1.38. The van der Waals surface area contributed by atoms with E-state index in [1.54, 1.807) is 0 Å². The predicted molar refractivity (Wildman–Crippen MR) is 65.0 cm³/mol. The minimum atomic E-state index is -0.200. The van der Waals surface area contributed by atoms with Gasteiger partial charge in [0, 0.05) is 12.5 Å². The van der Waals surface area contributed by atoms with Crippen molar-refractivity contribution < 1.29 is 9.84 Å². The topological polar surface area (TPSA) is 29.5 Å². The lowest BCUT2D eigenvalue weighted by Gasteiger charge is -2.26. The van der Waals surface area contributed by atoms with E-state index in [1.807, 2.05) is 18.2 Å². The number of benzene rings is 1. The van der Waals surface area contributed by atoms with Crippen LogP contribution in [0.5, 0.6) is 0 Å². The van der Waals surface area contributed by atoms with Crippen molar-refractivity contribution in [2.45, 2.75) is 18.9 Å². The Labute approximate surface area is 96.6 Å². The van der Waals surface area contributed by atoms with Gasteiger partial charge in [0.2, 0.25) is 0 Å². The van der Waals surface area contributed by atoms with E-state index in [9.17, 15) is 5.11 Å². The number of aliphatic hydroxyl groups is 1. The molecule has 1 aliphatic rings. The maximum absolute atomic E-state index is 9.75. The molecule has 1 aromatic rings. The van der Waals surface area contributed by atoms with Crippen molar-refractivity contribution >= 4 is 6.08 Å². The van der Waals surface area contributed by atoms with Crippen LogP contribution in [0.1, 0.15) is 18.4 Å². The number of hydrogen-bond acceptors (Lipinski definition) is 2. The molecule has 16 heavy (non-hydrogen) atoms. The quantitative estimate of drug-likeness (QED) is 0.844. The van der Waals surface area contributed by atoms with Crippen LogP contribution in [-0.4, -0.2) is 24.4 Å². The van der Waals surface area contributed by atoms with Gasteiger partial charge in [0.05, 0.1) is 12.7 Å². The Morgan fingerprint density at radius 2 is 2.12 bits per heavy atom. The van der Waals surface area contributed by atoms with Crippen molar-refractivity contribution in [3.63, 3.8) is 0 Å². The third-order valence-electron chi connectivity index (χ3n) is 2.98. The molecule has 2 nitrogen and oxygen atoms in total. The first-order chi connectivity index (χ1) is 7.86. The fourth-order valence-electron chi connectivity index (χ4n) is 1.95. The molecule has 1 N–H and O–H groups in total. The normalized spacial score (nSPS) is 26.1. The van der Waals surface area contributed by atoms with Crippen molar-refractivity contribution in [2.24, 2.45) is 5.92 Å². The van der Waals surface area contributed by atoms with E-state index >= 15 is 0 Å². The average molecular weight is 218 g/mol. The third kappa shape index (κ3) is 3.19. The predicted octanol–water partition coefficient (Wildman–Crippen LogP) is 2.49. The van der Waals surface area contributed by atoms with Gasteiger partial charge in [-0.25, -0.2) is 0 Å². The molecule has 0 saturated carbocycles. The molecular weight excluding hydrogens is 200 g/mol. The van der Waals surface area contributed by atoms with E-state index in [4.69, 9.17) is 4.74 Å². The number of hydrogen-bond donors (Lipinski definition) is 1. The smallest absolute Gasteiger partial charge is 0.0615 e. The standard InChI is InChI=1S/C14H18O2/c15-14-9-10-16-11-13(14)8-4-7-12-5-2-1-3-6-12/h1-7,13-15H,8-11H2/b7-4+. The summed E-state index contributed by atoms with van der Waals surface area (Å²) in [4.78, 5) is 0. The first-order valence-electron chi connectivity index (χ1n) is 5.83. The summed E-state index contributed by atoms with van der Waals surface area (Å²) < 4.78 is 5.36. The first-order valence-corrected chi connectivity index (χ1v) is 5.83. The molecule has 0 aliphatic carbocycles. The van der Waals surface area contributed by atoms with Gasteiger partial charge in [-0.1, -0.05) is 42.5 Å². The highest BCUT2D eigenvalue weighted by molar-refractivity contribution is 5.48. The van der Waals surface area contributed by atoms with E-state index in [0.29, 0.717) is 13.2 Å². The van der Waals surface area contributed by atoms with Crippen LogP contribution in [0.25, 0.3) is 6.08 Å². The SMILES string of the molecule is OC1CCOCC1C/C=C/c1ccccc1. The van der Waals surface area contributed by atoms with Gasteiger partial charge in [-0.05, 0) is 18.4 Å². The minimum Gasteiger partial charge on any atom is -0.393 e. The zero-order chi connectivity index (χ0) is 11.2. The Bertz CT molecular complexity index is 332. The lowest BCUT2D eigenvalue weighted by molar-refractivity contribution is -0.0340. The Morgan fingerprint density at radius 3 is 2.88 bits per heavy atom. The molecule has 1 heterocycles. The molecule has 2 heteroatoms. The zero-order valence-corrected chi connectivity index (χ0v) is 9.38. The summed E-state index contributed by atoms with van der Waals surface area (Å²) in [7, 11) is 0. The summed E-state index contributed by atoms with van der Waals surface area (Å²) >= 11 is 0. The fraction of sp³-hybridized carbons (Fsp3) is 0.429. The van der Waals surface area contributed by atoms with E-state index in [-0.39, 0.29) is 12.0 Å². The second-order valence-electron chi connectivity index (χ2n) is 4.24. The molecule has 1 saturated heterocycles. The lowest BCUT2D eigenvalue weighted by atomic mass is 9.95. The van der Waals surface area contributed by atoms with Crippen molar-refractivity contribution in [3.8, 4) is 0 Å². The summed E-state index contributed by atoms with van der Waals surface area (Å²) in [6, 6.07) is 10.2. The average Bonchev–Trinajstić information content (AvgIpc) is 2.33. The van der Waals surface area contributed by atoms with Gasteiger partial charge < -0.3 is 9.84 Å². The highest BCUT2D eigenvalue weighted by Gasteiger charge is 2.21. The van der Waals surface area contributed by atoms with Gasteiger partial charge in [-0.15, -0.1) is 0 Å². The van der Waals surface area contributed by atoms with Gasteiger partial charge in [0.15, 0.2) is 0 Å². The maximum atomic E-state index is 9.75. The third-order valence-corrected chi connectivity index (χ3v) is 2.98. The Kier molecular flexibility index (Phi) is 4.14. The van der Waals surface area contributed by atoms with Crippen molar-refractivity contribution in [1.29, 1.82) is 0 Å². The minimum absolute atomic E-state index is 0.200. The zero-order valence-electron chi connectivity index (χ0n) is 9.38. The van der Waals surface area contributed by atoms with Crippen LogP contribution in [0.3, 0.4) is 0 Å². The second kappa shape index (κ2) is 5.83. The molecule has 2 rings (SSSR count). The van der Waals surface area contributed by atoms with Gasteiger partial charge in [-0.3, -0.25) is 0 Å².